The molecule has 0 amide bonds. The van der Waals surface area contributed by atoms with Crippen LogP contribution in [0.2, 0.25) is 0 Å². The lowest BCUT2D eigenvalue weighted by molar-refractivity contribution is 0.544. The van der Waals surface area contributed by atoms with Gasteiger partial charge in [0, 0.05) is 24.7 Å². The van der Waals surface area contributed by atoms with E-state index in [2.05, 4.69) is 34.5 Å². The van der Waals surface area contributed by atoms with Gasteiger partial charge in [0.2, 0.25) is 0 Å². The maximum absolute atomic E-state index is 4.43. The summed E-state index contributed by atoms with van der Waals surface area (Å²) >= 11 is 1.77. The average molecular weight is 251 g/mol. The minimum Gasteiger partial charge on any atom is -0.302 e. The number of nitrogens with zero attached hydrogens (tertiary/aromatic N) is 4. The summed E-state index contributed by atoms with van der Waals surface area (Å²) in [6.45, 7) is 5.03. The zero-order valence-electron chi connectivity index (χ0n) is 10.3. The Kier molecular flexibility index (Phi) is 3.86. The zero-order valence-corrected chi connectivity index (χ0v) is 11.2. The Bertz CT molecular complexity index is 476. The largest absolute Gasteiger partial charge is 0.302 e. The Hall–Kier alpha value is -1.27. The van der Waals surface area contributed by atoms with Crippen molar-refractivity contribution in [2.24, 2.45) is 7.05 Å². The predicted octanol–water partition coefficient (Wildman–Crippen LogP) is 1.68. The summed E-state index contributed by atoms with van der Waals surface area (Å²) in [6, 6.07) is 0.259. The molecule has 0 aliphatic carbocycles. The third kappa shape index (κ3) is 2.89. The van der Waals surface area contributed by atoms with Crippen molar-refractivity contribution in [3.63, 3.8) is 0 Å². The second-order valence-corrected chi connectivity index (χ2v) is 5.12. The van der Waals surface area contributed by atoms with E-state index >= 15 is 0 Å². The van der Waals surface area contributed by atoms with Gasteiger partial charge in [-0.3, -0.25) is 4.68 Å². The highest BCUT2D eigenvalue weighted by atomic mass is 32.1. The minimum atomic E-state index is 0.259. The first-order valence-electron chi connectivity index (χ1n) is 5.72. The van der Waals surface area contributed by atoms with Crippen molar-refractivity contribution in [3.8, 4) is 0 Å². The van der Waals surface area contributed by atoms with Gasteiger partial charge < -0.3 is 5.32 Å². The lowest BCUT2D eigenvalue weighted by atomic mass is 10.3. The van der Waals surface area contributed by atoms with Gasteiger partial charge in [-0.05, 0) is 13.3 Å². The van der Waals surface area contributed by atoms with E-state index in [-0.39, 0.29) is 6.04 Å². The quantitative estimate of drug-likeness (QED) is 0.878. The van der Waals surface area contributed by atoms with Crippen molar-refractivity contribution in [3.05, 3.63) is 28.0 Å². The van der Waals surface area contributed by atoms with E-state index in [1.807, 2.05) is 13.2 Å². The molecule has 2 aromatic rings. The van der Waals surface area contributed by atoms with Gasteiger partial charge in [0.05, 0.1) is 17.9 Å². The first-order valence-corrected chi connectivity index (χ1v) is 6.54. The standard InChI is InChI=1S/C11H17N5S/c1-4-10-7-13-11(17-10)8(2)12-5-9-6-14-15-16(9)3/h6-8,12H,4-5H2,1-3H3. The second-order valence-electron chi connectivity index (χ2n) is 3.97. The number of aryl methyl sites for hydroxylation is 2. The molecule has 5 nitrogen and oxygen atoms in total. The lowest BCUT2D eigenvalue weighted by Gasteiger charge is -2.10. The van der Waals surface area contributed by atoms with Gasteiger partial charge in [0.15, 0.2) is 0 Å². The Morgan fingerprint density at radius 1 is 1.47 bits per heavy atom. The van der Waals surface area contributed by atoms with Crippen LogP contribution in [-0.4, -0.2) is 20.0 Å². The summed E-state index contributed by atoms with van der Waals surface area (Å²) in [6.07, 6.45) is 4.79. The van der Waals surface area contributed by atoms with Crippen LogP contribution in [0.5, 0.6) is 0 Å². The fraction of sp³-hybridized carbons (Fsp3) is 0.545. The molecule has 1 atom stereocenters. The van der Waals surface area contributed by atoms with E-state index in [0.717, 1.165) is 23.7 Å². The topological polar surface area (TPSA) is 55.6 Å². The first kappa shape index (κ1) is 12.2. The Morgan fingerprint density at radius 2 is 2.29 bits per heavy atom. The van der Waals surface area contributed by atoms with Gasteiger partial charge in [-0.2, -0.15) is 0 Å². The normalized spacial score (nSPS) is 12.9. The van der Waals surface area contributed by atoms with E-state index in [1.165, 1.54) is 4.88 Å². The van der Waals surface area contributed by atoms with Gasteiger partial charge in [0.25, 0.3) is 0 Å². The van der Waals surface area contributed by atoms with Crippen LogP contribution < -0.4 is 5.32 Å². The van der Waals surface area contributed by atoms with Gasteiger partial charge in [-0.15, -0.1) is 16.4 Å². The molecule has 0 radical (unpaired) electrons. The summed E-state index contributed by atoms with van der Waals surface area (Å²) in [5, 5.41) is 12.3. The maximum atomic E-state index is 4.43. The summed E-state index contributed by atoms with van der Waals surface area (Å²) in [5.74, 6) is 0. The molecule has 0 saturated heterocycles. The third-order valence-corrected chi connectivity index (χ3v) is 4.01. The van der Waals surface area contributed by atoms with Crippen molar-refractivity contribution in [1.82, 2.24) is 25.3 Å². The maximum Gasteiger partial charge on any atom is 0.109 e. The molecule has 6 heteroatoms. The van der Waals surface area contributed by atoms with Gasteiger partial charge in [0.1, 0.15) is 5.01 Å². The average Bonchev–Trinajstić information content (AvgIpc) is 2.94. The molecule has 0 saturated carbocycles. The molecule has 0 fully saturated rings. The van der Waals surface area contributed by atoms with Crippen LogP contribution in [-0.2, 0) is 20.0 Å². The molecule has 2 heterocycles. The van der Waals surface area contributed by atoms with Crippen LogP contribution in [0.3, 0.4) is 0 Å². The highest BCUT2D eigenvalue weighted by Crippen LogP contribution is 2.20. The Labute approximate surface area is 105 Å². The fourth-order valence-electron chi connectivity index (χ4n) is 1.50. The molecule has 92 valence electrons. The van der Waals surface area contributed by atoms with E-state index in [0.29, 0.717) is 0 Å². The van der Waals surface area contributed by atoms with Crippen molar-refractivity contribution in [1.29, 1.82) is 0 Å². The first-order chi connectivity index (χ1) is 8.20. The van der Waals surface area contributed by atoms with Crippen LogP contribution in [0.1, 0.15) is 35.5 Å². The molecular weight excluding hydrogens is 234 g/mol. The third-order valence-electron chi connectivity index (χ3n) is 2.69. The molecule has 0 aromatic carbocycles. The summed E-state index contributed by atoms with van der Waals surface area (Å²) in [4.78, 5) is 5.76. The smallest absolute Gasteiger partial charge is 0.109 e. The van der Waals surface area contributed by atoms with Crippen molar-refractivity contribution in [2.45, 2.75) is 32.9 Å². The van der Waals surface area contributed by atoms with Crippen LogP contribution in [0.4, 0.5) is 0 Å². The molecule has 2 aromatic heterocycles. The fourth-order valence-corrected chi connectivity index (χ4v) is 2.39. The van der Waals surface area contributed by atoms with Crippen molar-refractivity contribution < 1.29 is 0 Å². The molecule has 2 rings (SSSR count). The number of rotatable bonds is 5. The zero-order chi connectivity index (χ0) is 12.3. The highest BCUT2D eigenvalue weighted by Gasteiger charge is 2.10. The predicted molar refractivity (Wildman–Crippen MR) is 67.7 cm³/mol. The lowest BCUT2D eigenvalue weighted by Crippen LogP contribution is -2.19. The molecule has 0 spiro atoms. The molecular formula is C11H17N5S. The minimum absolute atomic E-state index is 0.259. The number of hydrogen-bond donors (Lipinski definition) is 1. The van der Waals surface area contributed by atoms with Gasteiger partial charge in [-0.25, -0.2) is 4.98 Å². The number of hydrogen-bond acceptors (Lipinski definition) is 5. The second kappa shape index (κ2) is 5.37. The SMILES string of the molecule is CCc1cnc(C(C)NCc2cnnn2C)s1. The number of thiazole rings is 1. The molecule has 1 unspecified atom stereocenters. The Balaban J connectivity index is 1.93. The van der Waals surface area contributed by atoms with E-state index in [9.17, 15) is 0 Å². The van der Waals surface area contributed by atoms with Crippen LogP contribution in [0.15, 0.2) is 12.4 Å². The van der Waals surface area contributed by atoms with Gasteiger partial charge >= 0.3 is 0 Å². The molecule has 17 heavy (non-hydrogen) atoms. The molecule has 0 aliphatic heterocycles. The van der Waals surface area contributed by atoms with E-state index < -0.39 is 0 Å². The molecule has 1 N–H and O–H groups in total. The Morgan fingerprint density at radius 3 is 2.88 bits per heavy atom. The van der Waals surface area contributed by atoms with Crippen LogP contribution in [0.25, 0.3) is 0 Å². The summed E-state index contributed by atoms with van der Waals surface area (Å²) < 4.78 is 1.78. The van der Waals surface area contributed by atoms with E-state index in [4.69, 9.17) is 0 Å². The number of nitrogens with one attached hydrogen (secondary N) is 1. The highest BCUT2D eigenvalue weighted by molar-refractivity contribution is 7.11. The van der Waals surface area contributed by atoms with Crippen LogP contribution >= 0.6 is 11.3 Å². The summed E-state index contributed by atoms with van der Waals surface area (Å²) in [5.41, 5.74) is 1.07. The number of aromatic nitrogens is 4. The van der Waals surface area contributed by atoms with Crippen molar-refractivity contribution in [2.75, 3.05) is 0 Å². The van der Waals surface area contributed by atoms with Crippen LogP contribution in [0, 0.1) is 0 Å². The molecule has 0 aliphatic rings. The monoisotopic (exact) mass is 251 g/mol. The van der Waals surface area contributed by atoms with Gasteiger partial charge in [-0.1, -0.05) is 12.1 Å². The summed E-state index contributed by atoms with van der Waals surface area (Å²) in [7, 11) is 1.90. The van der Waals surface area contributed by atoms with Crippen molar-refractivity contribution >= 4 is 11.3 Å². The van der Waals surface area contributed by atoms with E-state index in [1.54, 1.807) is 22.2 Å². The molecule has 0 bridgehead atoms.